The van der Waals surface area contributed by atoms with Gasteiger partial charge in [-0.2, -0.15) is 0 Å². The lowest BCUT2D eigenvalue weighted by Gasteiger charge is -2.10. The highest BCUT2D eigenvalue weighted by molar-refractivity contribution is 7.85. The number of hydrogen-bond acceptors (Lipinski definition) is 4. The van der Waals surface area contributed by atoms with Gasteiger partial charge in [-0.05, 0) is 24.4 Å². The molecule has 1 N–H and O–H groups in total. The molecule has 2 aromatic rings. The topological polar surface area (TPSA) is 77.4 Å². The molecule has 0 radical (unpaired) electrons. The number of aromatic hydroxyl groups is 1. The molecule has 0 bridgehead atoms. The molecule has 84 valence electrons. The molecule has 2 rings (SSSR count). The van der Waals surface area contributed by atoms with Crippen LogP contribution in [0.25, 0.3) is 10.8 Å². The molecule has 0 heterocycles. The molecule has 0 saturated carbocycles. The molecule has 4 nitrogen and oxygen atoms in total. The minimum atomic E-state index is -4.54. The van der Waals surface area contributed by atoms with Crippen molar-refractivity contribution in [3.8, 4) is 5.75 Å². The summed E-state index contributed by atoms with van der Waals surface area (Å²) in [5, 5.41) is 10.7. The highest BCUT2D eigenvalue weighted by Crippen LogP contribution is 2.29. The van der Waals surface area contributed by atoms with E-state index < -0.39 is 15.0 Å². The zero-order chi connectivity index (χ0) is 11.9. The van der Waals surface area contributed by atoms with Gasteiger partial charge in [0.05, 0.1) is 4.90 Å². The number of phenolic OH excluding ortho intramolecular Hbond substituents is 1. The smallest absolute Gasteiger partial charge is 0.124 e. The van der Waals surface area contributed by atoms with Gasteiger partial charge in [-0.3, -0.25) is 0 Å². The van der Waals surface area contributed by atoms with Crippen molar-refractivity contribution in [3.05, 3.63) is 35.9 Å². The predicted octanol–water partition coefficient (Wildman–Crippen LogP) is 1.76. The van der Waals surface area contributed by atoms with Crippen LogP contribution in [0.4, 0.5) is 0 Å². The van der Waals surface area contributed by atoms with E-state index in [1.165, 1.54) is 6.07 Å². The van der Waals surface area contributed by atoms with Crippen molar-refractivity contribution in [3.63, 3.8) is 0 Å². The highest BCUT2D eigenvalue weighted by atomic mass is 32.2. The third kappa shape index (κ3) is 1.87. The van der Waals surface area contributed by atoms with Gasteiger partial charge in [-0.25, -0.2) is 8.42 Å². The molecule has 0 aliphatic rings. The van der Waals surface area contributed by atoms with Crippen LogP contribution in [0.15, 0.2) is 35.2 Å². The van der Waals surface area contributed by atoms with E-state index >= 15 is 0 Å². The summed E-state index contributed by atoms with van der Waals surface area (Å²) in [6, 6.07) is 7.43. The average Bonchev–Trinajstić information content (AvgIpc) is 2.15. The summed E-state index contributed by atoms with van der Waals surface area (Å²) in [6.07, 6.45) is 0. The minimum absolute atomic E-state index is 0.202. The Morgan fingerprint density at radius 3 is 2.50 bits per heavy atom. The summed E-state index contributed by atoms with van der Waals surface area (Å²) in [5.41, 5.74) is 0.923. The van der Waals surface area contributed by atoms with E-state index in [0.29, 0.717) is 10.8 Å². The first-order chi connectivity index (χ1) is 7.38. The zero-order valence-corrected chi connectivity index (χ0v) is 9.28. The molecular formula is C11H9O4S-. The lowest BCUT2D eigenvalue weighted by atomic mass is 10.1. The molecule has 0 spiro atoms. The van der Waals surface area contributed by atoms with Crippen LogP contribution in [0.2, 0.25) is 0 Å². The van der Waals surface area contributed by atoms with Crippen LogP contribution >= 0.6 is 0 Å². The Bertz CT molecular complexity index is 659. The lowest BCUT2D eigenvalue weighted by Crippen LogP contribution is -1.98. The third-order valence-corrected chi connectivity index (χ3v) is 3.16. The fourth-order valence-corrected chi connectivity index (χ4v) is 2.11. The first kappa shape index (κ1) is 10.9. The normalized spacial score (nSPS) is 11.9. The van der Waals surface area contributed by atoms with E-state index in [9.17, 15) is 18.1 Å². The molecule has 0 saturated heterocycles. The van der Waals surface area contributed by atoms with E-state index in [1.54, 1.807) is 18.2 Å². The van der Waals surface area contributed by atoms with Crippen LogP contribution in [-0.4, -0.2) is 18.1 Å². The Balaban J connectivity index is 2.85. The van der Waals surface area contributed by atoms with Crippen molar-refractivity contribution in [2.24, 2.45) is 0 Å². The van der Waals surface area contributed by atoms with Crippen LogP contribution in [0.5, 0.6) is 5.75 Å². The first-order valence-corrected chi connectivity index (χ1v) is 5.98. The maximum atomic E-state index is 10.8. The molecule has 2 aromatic carbocycles. The molecule has 5 heteroatoms. The highest BCUT2D eigenvalue weighted by Gasteiger charge is 2.07. The van der Waals surface area contributed by atoms with E-state index in [0.717, 1.165) is 11.6 Å². The van der Waals surface area contributed by atoms with Gasteiger partial charge in [-0.15, -0.1) is 0 Å². The predicted molar refractivity (Wildman–Crippen MR) is 58.3 cm³/mol. The van der Waals surface area contributed by atoms with Crippen molar-refractivity contribution < 1.29 is 18.1 Å². The van der Waals surface area contributed by atoms with Crippen molar-refractivity contribution in [2.75, 3.05) is 0 Å². The van der Waals surface area contributed by atoms with Crippen molar-refractivity contribution >= 4 is 20.9 Å². The number of rotatable bonds is 1. The van der Waals surface area contributed by atoms with Crippen LogP contribution < -0.4 is 0 Å². The first-order valence-electron chi connectivity index (χ1n) is 4.57. The second-order valence-electron chi connectivity index (χ2n) is 3.62. The molecule has 0 fully saturated rings. The van der Waals surface area contributed by atoms with Crippen molar-refractivity contribution in [2.45, 2.75) is 11.8 Å². The lowest BCUT2D eigenvalue weighted by molar-refractivity contribution is 0.458. The van der Waals surface area contributed by atoms with E-state index in [4.69, 9.17) is 0 Å². The summed E-state index contributed by atoms with van der Waals surface area (Å²) < 4.78 is 32.5. The summed E-state index contributed by atoms with van der Waals surface area (Å²) >= 11 is 0. The molecule has 0 aromatic heterocycles. The molecular weight excluding hydrogens is 228 g/mol. The van der Waals surface area contributed by atoms with Gasteiger partial charge in [0, 0.05) is 5.39 Å². The summed E-state index contributed by atoms with van der Waals surface area (Å²) in [4.78, 5) is -0.414. The average molecular weight is 237 g/mol. The number of fused-ring (bicyclic) bond motifs is 1. The number of aryl methyl sites for hydroxylation is 1. The maximum absolute atomic E-state index is 10.8. The minimum Gasteiger partial charge on any atom is -0.744 e. The largest absolute Gasteiger partial charge is 0.744 e. The molecule has 0 unspecified atom stereocenters. The molecule has 0 aliphatic carbocycles. The third-order valence-electron chi connectivity index (χ3n) is 2.35. The number of hydrogen-bond donors (Lipinski definition) is 1. The van der Waals surface area contributed by atoms with E-state index in [-0.39, 0.29) is 5.75 Å². The number of phenols is 1. The zero-order valence-electron chi connectivity index (χ0n) is 8.47. The Morgan fingerprint density at radius 2 is 1.88 bits per heavy atom. The van der Waals surface area contributed by atoms with Gasteiger partial charge < -0.3 is 9.66 Å². The van der Waals surface area contributed by atoms with Gasteiger partial charge in [0.25, 0.3) is 0 Å². The van der Waals surface area contributed by atoms with Crippen LogP contribution in [0.1, 0.15) is 5.56 Å². The second kappa shape index (κ2) is 3.47. The second-order valence-corrected chi connectivity index (χ2v) is 5.00. The van der Waals surface area contributed by atoms with Crippen LogP contribution in [0, 0.1) is 6.92 Å². The van der Waals surface area contributed by atoms with Crippen molar-refractivity contribution in [1.29, 1.82) is 0 Å². The molecule has 16 heavy (non-hydrogen) atoms. The number of benzene rings is 2. The summed E-state index contributed by atoms with van der Waals surface area (Å²) in [7, 11) is -4.54. The van der Waals surface area contributed by atoms with Gasteiger partial charge in [0.1, 0.15) is 15.9 Å². The standard InChI is InChI=1S/C11H10O4S/c1-7-2-3-10-8(4-7)5-9(6-11(10)12)16(13,14)15/h2-6,12H,1H3,(H,13,14,15)/p-1. The molecule has 0 atom stereocenters. The van der Waals surface area contributed by atoms with Gasteiger partial charge in [-0.1, -0.05) is 23.8 Å². The van der Waals surface area contributed by atoms with Crippen molar-refractivity contribution in [1.82, 2.24) is 0 Å². The Kier molecular flexibility index (Phi) is 2.36. The van der Waals surface area contributed by atoms with E-state index in [1.807, 2.05) is 6.92 Å². The fraction of sp³-hybridized carbons (Fsp3) is 0.0909. The SMILES string of the molecule is Cc1ccc2c(O)cc(S(=O)(=O)[O-])cc2c1. The fourth-order valence-electron chi connectivity index (χ4n) is 1.59. The molecule has 0 amide bonds. The summed E-state index contributed by atoms with van der Waals surface area (Å²) in [6.45, 7) is 1.84. The van der Waals surface area contributed by atoms with Gasteiger partial charge in [0.15, 0.2) is 0 Å². The Morgan fingerprint density at radius 1 is 1.19 bits per heavy atom. The maximum Gasteiger partial charge on any atom is 0.124 e. The van der Waals surface area contributed by atoms with E-state index in [2.05, 4.69) is 0 Å². The van der Waals surface area contributed by atoms with Crippen LogP contribution in [0.3, 0.4) is 0 Å². The molecule has 0 aliphatic heterocycles. The quantitative estimate of drug-likeness (QED) is 0.766. The Hall–Kier alpha value is -1.59. The van der Waals surface area contributed by atoms with Gasteiger partial charge >= 0.3 is 0 Å². The monoisotopic (exact) mass is 237 g/mol. The summed E-state index contributed by atoms with van der Waals surface area (Å²) in [5.74, 6) is -0.202. The van der Waals surface area contributed by atoms with Gasteiger partial charge in [0.2, 0.25) is 0 Å². The Labute approximate surface area is 92.9 Å². The van der Waals surface area contributed by atoms with Crippen LogP contribution in [-0.2, 0) is 10.1 Å².